The molecule has 1 amide bonds. The van der Waals surface area contributed by atoms with Crippen molar-refractivity contribution in [3.63, 3.8) is 0 Å². The number of nitrogens with one attached hydrogen (secondary N) is 1. The van der Waals surface area contributed by atoms with E-state index < -0.39 is 29.5 Å². The van der Waals surface area contributed by atoms with Gasteiger partial charge in [-0.05, 0) is 68.3 Å². The highest BCUT2D eigenvalue weighted by atomic mass is 19.1. The summed E-state index contributed by atoms with van der Waals surface area (Å²) in [4.78, 5) is 33.1. The molecule has 8 nitrogen and oxygen atoms in total. The number of carbonyl (C=O) groups is 2. The van der Waals surface area contributed by atoms with Crippen molar-refractivity contribution in [2.75, 3.05) is 13.7 Å². The Hall–Kier alpha value is -3.88. The topological polar surface area (TPSA) is 105 Å². The number of pyridine rings is 1. The van der Waals surface area contributed by atoms with Crippen molar-refractivity contribution in [2.24, 2.45) is 0 Å². The summed E-state index contributed by atoms with van der Waals surface area (Å²) in [5.41, 5.74) is 2.27. The van der Waals surface area contributed by atoms with E-state index in [9.17, 15) is 19.1 Å². The number of hydrogen-bond donors (Lipinski definition) is 2. The van der Waals surface area contributed by atoms with Crippen LogP contribution in [0.15, 0.2) is 42.6 Å². The molecule has 172 valence electrons. The van der Waals surface area contributed by atoms with Gasteiger partial charge in [-0.2, -0.15) is 0 Å². The minimum atomic E-state index is -1.16. The number of fused-ring (bicyclic) bond motifs is 1. The molecule has 9 heteroatoms. The number of amides is 1. The average Bonchev–Trinajstić information content (AvgIpc) is 3.37. The fraction of sp³-hybridized carbons (Fsp3) is 0.292. The van der Waals surface area contributed by atoms with Gasteiger partial charge in [0.1, 0.15) is 22.8 Å². The number of nitrogens with zero attached hydrogens (tertiary/aromatic N) is 2. The molecular formula is C24H24FN3O5. The van der Waals surface area contributed by atoms with Gasteiger partial charge in [-0.15, -0.1) is 0 Å². The van der Waals surface area contributed by atoms with Crippen molar-refractivity contribution in [2.45, 2.75) is 32.4 Å². The third-order valence-electron chi connectivity index (χ3n) is 5.25. The number of methoxy groups -OCH3 is 1. The molecule has 0 aliphatic carbocycles. The van der Waals surface area contributed by atoms with Crippen LogP contribution in [-0.4, -0.2) is 57.3 Å². The fourth-order valence-corrected chi connectivity index (χ4v) is 3.82. The zero-order valence-electron chi connectivity index (χ0n) is 18.7. The average molecular weight is 453 g/mol. The number of ether oxygens (including phenoxy) is 2. The number of carbonyl (C=O) groups excluding carboxylic acids is 1. The smallest absolute Gasteiger partial charge is 0.411 e. The summed E-state index contributed by atoms with van der Waals surface area (Å²) in [6.07, 6.45) is 2.40. The van der Waals surface area contributed by atoms with Crippen LogP contribution in [0.1, 0.15) is 26.5 Å². The summed E-state index contributed by atoms with van der Waals surface area (Å²) in [6, 6.07) is 6.68. The number of benzene rings is 1. The molecule has 3 aromatic rings. The van der Waals surface area contributed by atoms with Crippen LogP contribution in [-0.2, 0) is 9.53 Å². The van der Waals surface area contributed by atoms with E-state index >= 15 is 0 Å². The molecule has 0 spiro atoms. The Morgan fingerprint density at radius 1 is 1.21 bits per heavy atom. The van der Waals surface area contributed by atoms with Crippen LogP contribution in [0.4, 0.5) is 9.18 Å². The lowest BCUT2D eigenvalue weighted by atomic mass is 10.0. The summed E-state index contributed by atoms with van der Waals surface area (Å²) in [5.74, 6) is -1.05. The molecule has 0 saturated heterocycles. The monoisotopic (exact) mass is 453 g/mol. The minimum absolute atomic E-state index is 0.0529. The van der Waals surface area contributed by atoms with Gasteiger partial charge in [0.05, 0.1) is 13.7 Å². The molecule has 1 atom stereocenters. The van der Waals surface area contributed by atoms with E-state index in [2.05, 4.69) is 9.97 Å². The Balaban J connectivity index is 1.74. The Bertz CT molecular complexity index is 1270. The Labute approximate surface area is 189 Å². The number of aliphatic carboxylic acids is 1. The SMILES string of the molecule is COc1ccc(F)cc1-c1ccnc2[nH]c(C3=CC(C(=O)O)N(C(=O)OC(C)(C)C)C3)cc12. The highest BCUT2D eigenvalue weighted by molar-refractivity contribution is 5.98. The second-order valence-electron chi connectivity index (χ2n) is 8.73. The van der Waals surface area contributed by atoms with Crippen molar-refractivity contribution in [1.82, 2.24) is 14.9 Å². The van der Waals surface area contributed by atoms with E-state index in [1.54, 1.807) is 39.1 Å². The van der Waals surface area contributed by atoms with Crippen molar-refractivity contribution in [1.29, 1.82) is 0 Å². The Kier molecular flexibility index (Phi) is 5.57. The summed E-state index contributed by atoms with van der Waals surface area (Å²) in [5, 5.41) is 10.4. The molecule has 0 saturated carbocycles. The van der Waals surface area contributed by atoms with Crippen LogP contribution in [0, 0.1) is 5.82 Å². The second kappa shape index (κ2) is 8.23. The predicted molar refractivity (Wildman–Crippen MR) is 120 cm³/mol. The Morgan fingerprint density at radius 2 is 1.97 bits per heavy atom. The lowest BCUT2D eigenvalue weighted by Crippen LogP contribution is -2.43. The molecule has 1 aromatic carbocycles. The number of aromatic amines is 1. The van der Waals surface area contributed by atoms with E-state index in [0.29, 0.717) is 39.2 Å². The third kappa shape index (κ3) is 4.39. The van der Waals surface area contributed by atoms with E-state index in [1.165, 1.54) is 30.2 Å². The van der Waals surface area contributed by atoms with Gasteiger partial charge in [0.15, 0.2) is 6.04 Å². The van der Waals surface area contributed by atoms with Crippen LogP contribution in [0.5, 0.6) is 5.75 Å². The van der Waals surface area contributed by atoms with Gasteiger partial charge in [0, 0.05) is 22.8 Å². The quantitative estimate of drug-likeness (QED) is 0.604. The first-order valence-electron chi connectivity index (χ1n) is 10.3. The number of aromatic nitrogens is 2. The molecule has 0 bridgehead atoms. The van der Waals surface area contributed by atoms with E-state index in [-0.39, 0.29) is 6.54 Å². The summed E-state index contributed by atoms with van der Waals surface area (Å²) >= 11 is 0. The van der Waals surface area contributed by atoms with Crippen LogP contribution in [0.3, 0.4) is 0 Å². The standard InChI is InChI=1S/C24H24FN3O5/c1-24(2,3)33-23(31)28-12-13(9-19(28)22(29)30)18-11-17-15(7-8-26-21(17)27-18)16-10-14(25)5-6-20(16)32-4/h5-11,19H,12H2,1-4H3,(H,26,27)(H,29,30). The highest BCUT2D eigenvalue weighted by Crippen LogP contribution is 2.37. The van der Waals surface area contributed by atoms with Crippen molar-refractivity contribution >= 4 is 28.7 Å². The van der Waals surface area contributed by atoms with Crippen molar-refractivity contribution < 1.29 is 28.6 Å². The van der Waals surface area contributed by atoms with Gasteiger partial charge in [-0.25, -0.2) is 19.0 Å². The van der Waals surface area contributed by atoms with Gasteiger partial charge in [0.25, 0.3) is 0 Å². The van der Waals surface area contributed by atoms with Gasteiger partial charge in [-0.3, -0.25) is 4.90 Å². The largest absolute Gasteiger partial charge is 0.496 e. The molecule has 0 fully saturated rings. The van der Waals surface area contributed by atoms with Crippen molar-refractivity contribution in [3.05, 3.63) is 54.1 Å². The lowest BCUT2D eigenvalue weighted by molar-refractivity contribution is -0.140. The molecule has 1 aliphatic heterocycles. The number of H-pyrrole nitrogens is 1. The van der Waals surface area contributed by atoms with Gasteiger partial charge < -0.3 is 19.6 Å². The highest BCUT2D eigenvalue weighted by Gasteiger charge is 2.37. The number of carboxylic acids is 1. The number of carboxylic acid groups (broad SMARTS) is 1. The maximum atomic E-state index is 14.0. The van der Waals surface area contributed by atoms with Crippen molar-refractivity contribution in [3.8, 4) is 16.9 Å². The van der Waals surface area contributed by atoms with Crippen LogP contribution in [0.2, 0.25) is 0 Å². The van der Waals surface area contributed by atoms with E-state index in [1.807, 2.05) is 6.07 Å². The van der Waals surface area contributed by atoms with Gasteiger partial charge in [-0.1, -0.05) is 0 Å². The van der Waals surface area contributed by atoms with Crippen LogP contribution >= 0.6 is 0 Å². The fourth-order valence-electron chi connectivity index (χ4n) is 3.82. The first-order chi connectivity index (χ1) is 15.6. The Morgan fingerprint density at radius 3 is 2.64 bits per heavy atom. The molecule has 4 rings (SSSR count). The number of rotatable bonds is 4. The molecule has 33 heavy (non-hydrogen) atoms. The normalized spacial score (nSPS) is 16.1. The molecule has 1 unspecified atom stereocenters. The molecule has 2 aromatic heterocycles. The van der Waals surface area contributed by atoms with Crippen LogP contribution in [0.25, 0.3) is 27.7 Å². The maximum Gasteiger partial charge on any atom is 0.411 e. The van der Waals surface area contributed by atoms with Gasteiger partial charge >= 0.3 is 12.1 Å². The maximum absolute atomic E-state index is 14.0. The lowest BCUT2D eigenvalue weighted by Gasteiger charge is -2.26. The minimum Gasteiger partial charge on any atom is -0.496 e. The van der Waals surface area contributed by atoms with Gasteiger partial charge in [0.2, 0.25) is 0 Å². The van der Waals surface area contributed by atoms with E-state index in [4.69, 9.17) is 9.47 Å². The molecular weight excluding hydrogens is 429 g/mol. The first-order valence-corrected chi connectivity index (χ1v) is 10.3. The summed E-state index contributed by atoms with van der Waals surface area (Å²) in [7, 11) is 1.51. The third-order valence-corrected chi connectivity index (χ3v) is 5.25. The molecule has 1 aliphatic rings. The number of hydrogen-bond acceptors (Lipinski definition) is 5. The zero-order chi connectivity index (χ0) is 23.9. The second-order valence-corrected chi connectivity index (χ2v) is 8.73. The first kappa shape index (κ1) is 22.3. The van der Waals surface area contributed by atoms with Crippen LogP contribution < -0.4 is 4.74 Å². The predicted octanol–water partition coefficient (Wildman–Crippen LogP) is 4.46. The zero-order valence-corrected chi connectivity index (χ0v) is 18.7. The molecule has 0 radical (unpaired) electrons. The van der Waals surface area contributed by atoms with E-state index in [0.717, 1.165) is 0 Å². The number of halogens is 1. The molecule has 3 heterocycles. The molecule has 2 N–H and O–H groups in total. The summed E-state index contributed by atoms with van der Waals surface area (Å²) in [6.45, 7) is 5.21. The summed E-state index contributed by atoms with van der Waals surface area (Å²) < 4.78 is 24.8.